The molecule has 73 valence electrons. The maximum Gasteiger partial charge on any atom is -0.00184 e. The molecule has 0 spiro atoms. The van der Waals surface area contributed by atoms with Gasteiger partial charge < -0.3 is 0 Å². The second-order valence-corrected chi connectivity index (χ2v) is 4.70. The minimum absolute atomic E-state index is 0.941. The van der Waals surface area contributed by atoms with Gasteiger partial charge in [-0.15, -0.1) is 0 Å². The zero-order valence-corrected chi connectivity index (χ0v) is 8.76. The molecule has 0 nitrogen and oxygen atoms in total. The minimum Gasteiger partial charge on any atom is -0.0845 e. The molecule has 2 aliphatic carbocycles. The molecule has 0 heterocycles. The lowest BCUT2D eigenvalue weighted by atomic mass is 9.88. The van der Waals surface area contributed by atoms with Gasteiger partial charge in [0, 0.05) is 0 Å². The largest absolute Gasteiger partial charge is 0.0845 e. The summed E-state index contributed by atoms with van der Waals surface area (Å²) >= 11 is 0. The van der Waals surface area contributed by atoms with Gasteiger partial charge in [-0.1, -0.05) is 44.8 Å². The van der Waals surface area contributed by atoms with Crippen molar-refractivity contribution in [3.63, 3.8) is 0 Å². The van der Waals surface area contributed by atoms with E-state index in [1.807, 2.05) is 0 Å². The van der Waals surface area contributed by atoms with Crippen molar-refractivity contribution in [2.24, 2.45) is 11.8 Å². The van der Waals surface area contributed by atoms with Gasteiger partial charge >= 0.3 is 0 Å². The van der Waals surface area contributed by atoms with E-state index in [9.17, 15) is 0 Å². The fraction of sp³-hybridized carbons (Fsp3) is 0.769. The van der Waals surface area contributed by atoms with E-state index in [0.717, 1.165) is 11.8 Å². The highest BCUT2D eigenvalue weighted by Crippen LogP contribution is 2.46. The predicted molar refractivity (Wildman–Crippen MR) is 57.4 cm³/mol. The fourth-order valence-electron chi connectivity index (χ4n) is 2.81. The zero-order chi connectivity index (χ0) is 9.10. The Morgan fingerprint density at radius 2 is 2.15 bits per heavy atom. The third-order valence-electron chi connectivity index (χ3n) is 3.64. The van der Waals surface area contributed by atoms with Gasteiger partial charge in [0.05, 0.1) is 0 Å². The molecule has 2 atom stereocenters. The summed E-state index contributed by atoms with van der Waals surface area (Å²) in [6.07, 6.45) is 14.9. The Morgan fingerprint density at radius 3 is 2.77 bits per heavy atom. The molecule has 0 aromatic heterocycles. The SMILES string of the molecule is CCCCCCC1C[C]2C=CC1C2. The van der Waals surface area contributed by atoms with E-state index in [1.165, 1.54) is 44.9 Å². The summed E-state index contributed by atoms with van der Waals surface area (Å²) in [5.41, 5.74) is 0. The van der Waals surface area contributed by atoms with Crippen LogP contribution in [0, 0.1) is 17.8 Å². The summed E-state index contributed by atoms with van der Waals surface area (Å²) in [6.45, 7) is 2.29. The second-order valence-electron chi connectivity index (χ2n) is 4.70. The lowest BCUT2D eigenvalue weighted by Crippen LogP contribution is -2.06. The van der Waals surface area contributed by atoms with Crippen molar-refractivity contribution in [3.8, 4) is 0 Å². The number of fused-ring (bicyclic) bond motifs is 2. The predicted octanol–water partition coefficient (Wildman–Crippen LogP) is 4.13. The van der Waals surface area contributed by atoms with E-state index in [2.05, 4.69) is 19.1 Å². The molecule has 0 aromatic carbocycles. The van der Waals surface area contributed by atoms with Crippen molar-refractivity contribution >= 4 is 0 Å². The van der Waals surface area contributed by atoms with Crippen LogP contribution in [0.3, 0.4) is 0 Å². The Bertz CT molecular complexity index is 180. The van der Waals surface area contributed by atoms with Crippen LogP contribution in [0.4, 0.5) is 0 Å². The molecule has 13 heavy (non-hydrogen) atoms. The van der Waals surface area contributed by atoms with Gasteiger partial charge in [-0.3, -0.25) is 0 Å². The first-order chi connectivity index (χ1) is 6.40. The Kier molecular flexibility index (Phi) is 3.08. The molecule has 2 rings (SSSR count). The van der Waals surface area contributed by atoms with Crippen molar-refractivity contribution < 1.29 is 0 Å². The molecule has 1 radical (unpaired) electrons. The maximum absolute atomic E-state index is 2.45. The highest BCUT2D eigenvalue weighted by atomic mass is 14.4. The number of allylic oxidation sites excluding steroid dienone is 2. The van der Waals surface area contributed by atoms with Crippen molar-refractivity contribution in [1.82, 2.24) is 0 Å². The highest BCUT2D eigenvalue weighted by Gasteiger charge is 2.35. The van der Waals surface area contributed by atoms with Crippen LogP contribution in [0.15, 0.2) is 12.2 Å². The standard InChI is InChI=1S/C13H21/c1-2-3-4-5-6-12-9-11-7-8-13(12)10-11/h7-8,12-13H,2-6,9-10H2,1H3. The molecule has 1 fully saturated rings. The summed E-state index contributed by atoms with van der Waals surface area (Å²) < 4.78 is 0. The lowest BCUT2D eigenvalue weighted by Gasteiger charge is -2.17. The van der Waals surface area contributed by atoms with Gasteiger partial charge in [0.2, 0.25) is 0 Å². The second kappa shape index (κ2) is 4.30. The smallest absolute Gasteiger partial charge is 0.00184 e. The average molecular weight is 177 g/mol. The number of rotatable bonds is 5. The molecule has 2 unspecified atom stereocenters. The van der Waals surface area contributed by atoms with E-state index in [1.54, 1.807) is 5.92 Å². The van der Waals surface area contributed by atoms with Crippen LogP contribution >= 0.6 is 0 Å². The van der Waals surface area contributed by atoms with Gasteiger partial charge in [0.25, 0.3) is 0 Å². The summed E-state index contributed by atoms with van der Waals surface area (Å²) in [7, 11) is 0. The van der Waals surface area contributed by atoms with Gasteiger partial charge in [-0.25, -0.2) is 0 Å². The quantitative estimate of drug-likeness (QED) is 0.554. The Morgan fingerprint density at radius 1 is 1.23 bits per heavy atom. The summed E-state index contributed by atoms with van der Waals surface area (Å²) in [5, 5.41) is 0. The summed E-state index contributed by atoms with van der Waals surface area (Å²) in [4.78, 5) is 0. The highest BCUT2D eigenvalue weighted by molar-refractivity contribution is 5.26. The van der Waals surface area contributed by atoms with Gasteiger partial charge in [-0.05, 0) is 37.0 Å². The Hall–Kier alpha value is -0.260. The van der Waals surface area contributed by atoms with Crippen molar-refractivity contribution in [1.29, 1.82) is 0 Å². The van der Waals surface area contributed by atoms with Crippen molar-refractivity contribution in [2.45, 2.75) is 51.9 Å². The minimum atomic E-state index is 0.941. The number of hydrogen-bond donors (Lipinski definition) is 0. The molecule has 1 saturated carbocycles. The summed E-state index contributed by atoms with van der Waals surface area (Å²) in [6, 6.07) is 0. The topological polar surface area (TPSA) is 0 Å². The van der Waals surface area contributed by atoms with Gasteiger partial charge in [0.1, 0.15) is 0 Å². The van der Waals surface area contributed by atoms with Gasteiger partial charge in [-0.2, -0.15) is 0 Å². The van der Waals surface area contributed by atoms with Crippen LogP contribution in [0.5, 0.6) is 0 Å². The normalized spacial score (nSPS) is 31.8. The van der Waals surface area contributed by atoms with E-state index >= 15 is 0 Å². The first kappa shape index (κ1) is 9.30. The number of hydrogen-bond acceptors (Lipinski definition) is 0. The molecular formula is C13H21. The first-order valence-electron chi connectivity index (χ1n) is 5.93. The van der Waals surface area contributed by atoms with Crippen LogP contribution in [0.1, 0.15) is 51.9 Å². The maximum atomic E-state index is 2.45. The monoisotopic (exact) mass is 177 g/mol. The van der Waals surface area contributed by atoms with Crippen LogP contribution < -0.4 is 0 Å². The van der Waals surface area contributed by atoms with Crippen LogP contribution in [0.25, 0.3) is 0 Å². The Balaban J connectivity index is 1.64. The molecule has 0 heteroatoms. The van der Waals surface area contributed by atoms with Crippen molar-refractivity contribution in [2.75, 3.05) is 0 Å². The average Bonchev–Trinajstić information content (AvgIpc) is 2.73. The molecule has 2 aliphatic rings. The summed E-state index contributed by atoms with van der Waals surface area (Å²) in [5.74, 6) is 3.69. The number of unbranched alkanes of at least 4 members (excludes halogenated alkanes) is 3. The van der Waals surface area contributed by atoms with E-state index in [4.69, 9.17) is 0 Å². The van der Waals surface area contributed by atoms with E-state index in [0.29, 0.717) is 0 Å². The van der Waals surface area contributed by atoms with Crippen LogP contribution in [0.2, 0.25) is 0 Å². The lowest BCUT2D eigenvalue weighted by molar-refractivity contribution is 0.402. The molecule has 2 bridgehead atoms. The molecule has 0 aliphatic heterocycles. The van der Waals surface area contributed by atoms with Crippen LogP contribution in [-0.2, 0) is 0 Å². The van der Waals surface area contributed by atoms with E-state index in [-0.39, 0.29) is 0 Å². The van der Waals surface area contributed by atoms with Gasteiger partial charge in [0.15, 0.2) is 0 Å². The first-order valence-corrected chi connectivity index (χ1v) is 5.93. The molecule has 0 amide bonds. The zero-order valence-electron chi connectivity index (χ0n) is 8.76. The molecule has 0 aromatic rings. The Labute approximate surface area is 82.4 Å². The molecule has 0 saturated heterocycles. The van der Waals surface area contributed by atoms with E-state index < -0.39 is 0 Å². The third-order valence-corrected chi connectivity index (χ3v) is 3.64. The van der Waals surface area contributed by atoms with Crippen LogP contribution in [-0.4, -0.2) is 0 Å². The third kappa shape index (κ3) is 2.15. The molecule has 0 N–H and O–H groups in total. The molecular weight excluding hydrogens is 156 g/mol. The van der Waals surface area contributed by atoms with Crippen molar-refractivity contribution in [3.05, 3.63) is 18.1 Å². The fourth-order valence-corrected chi connectivity index (χ4v) is 2.81.